The number of hydrogen-bond acceptors (Lipinski definition) is 7. The Labute approximate surface area is 218 Å². The molecule has 186 valence electrons. The van der Waals surface area contributed by atoms with Gasteiger partial charge in [0, 0.05) is 25.1 Å². The Morgan fingerprint density at radius 2 is 2.00 bits per heavy atom. The molecule has 0 aromatic carbocycles. The van der Waals surface area contributed by atoms with E-state index in [4.69, 9.17) is 16.1 Å². The highest BCUT2D eigenvalue weighted by Gasteiger charge is 2.63. The van der Waals surface area contributed by atoms with Crippen LogP contribution in [0, 0.1) is 11.8 Å². The number of rotatable bonds is 8. The van der Waals surface area contributed by atoms with E-state index in [-0.39, 0.29) is 53.4 Å². The highest BCUT2D eigenvalue weighted by molar-refractivity contribution is 7.19. The third kappa shape index (κ3) is 4.49. The maximum atomic E-state index is 13.5. The molecule has 4 atom stereocenters. The van der Waals surface area contributed by atoms with E-state index in [2.05, 4.69) is 10.1 Å². The lowest BCUT2D eigenvalue weighted by Gasteiger charge is -2.30. The molecule has 3 aliphatic rings. The Kier molecular flexibility index (Phi) is 7.57. The van der Waals surface area contributed by atoms with Crippen LogP contribution in [0.25, 0.3) is 10.6 Å². The zero-order valence-electron chi connectivity index (χ0n) is 19.3. The summed E-state index contributed by atoms with van der Waals surface area (Å²) in [4.78, 5) is 31.6. The predicted octanol–water partition coefficient (Wildman–Crippen LogP) is -0.360. The average Bonchev–Trinajstić information content (AvgIpc) is 3.54. The molecule has 11 heteroatoms. The fourth-order valence-corrected chi connectivity index (χ4v) is 6.86. The monoisotopic (exact) mass is 572 g/mol. The number of aromatic nitrogens is 1. The quantitative estimate of drug-likeness (QED) is 0.343. The molecule has 3 aliphatic heterocycles. The summed E-state index contributed by atoms with van der Waals surface area (Å²) in [6, 6.07) is 5.47. The zero-order valence-corrected chi connectivity index (χ0v) is 22.5. The molecule has 0 aliphatic carbocycles. The maximum Gasteiger partial charge on any atom is 0.235 e. The molecule has 8 nitrogen and oxygen atoms in total. The first-order chi connectivity index (χ1) is 15.8. The Bertz CT molecular complexity index is 1060. The number of nitrogens with zero attached hydrogens (tertiary/aromatic N) is 4. The third-order valence-corrected chi connectivity index (χ3v) is 8.69. The number of aliphatic hydroxyl groups is 1. The van der Waals surface area contributed by atoms with Crippen molar-refractivity contribution in [1.82, 2.24) is 15.0 Å². The van der Waals surface area contributed by atoms with Crippen molar-refractivity contribution >= 4 is 34.8 Å². The highest BCUT2D eigenvalue weighted by atomic mass is 79.9. The van der Waals surface area contributed by atoms with Crippen molar-refractivity contribution in [2.24, 2.45) is 11.8 Å². The van der Waals surface area contributed by atoms with Gasteiger partial charge < -0.3 is 31.1 Å². The van der Waals surface area contributed by atoms with E-state index in [0.717, 1.165) is 42.9 Å². The Morgan fingerprint density at radius 1 is 1.24 bits per heavy atom. The van der Waals surface area contributed by atoms with Gasteiger partial charge in [-0.1, -0.05) is 16.8 Å². The first-order valence-electron chi connectivity index (χ1n) is 11.6. The second-order valence-corrected chi connectivity index (χ2v) is 11.7. The molecule has 3 saturated heterocycles. The van der Waals surface area contributed by atoms with Gasteiger partial charge in [-0.05, 0) is 31.5 Å². The predicted molar refractivity (Wildman–Crippen MR) is 125 cm³/mol. The maximum absolute atomic E-state index is 13.5. The van der Waals surface area contributed by atoms with E-state index in [0.29, 0.717) is 27.7 Å². The molecule has 5 heterocycles. The normalized spacial score (nSPS) is 26.8. The van der Waals surface area contributed by atoms with Gasteiger partial charge in [0.1, 0.15) is 12.2 Å². The third-order valence-electron chi connectivity index (χ3n) is 7.44. The number of likely N-dealkylation sites (tertiary alicyclic amines) is 1. The topological polar surface area (TPSA) is 86.9 Å². The van der Waals surface area contributed by atoms with E-state index < -0.39 is 5.92 Å². The van der Waals surface area contributed by atoms with Crippen molar-refractivity contribution in [3.8, 4) is 10.6 Å². The summed E-state index contributed by atoms with van der Waals surface area (Å²) < 4.78 is 6.97. The first-order valence-corrected chi connectivity index (χ1v) is 12.8. The Balaban J connectivity index is 0.00000274. The van der Waals surface area contributed by atoms with E-state index in [9.17, 15) is 14.7 Å². The minimum atomic E-state index is -0.410. The van der Waals surface area contributed by atoms with E-state index in [1.165, 1.54) is 16.2 Å². The molecule has 34 heavy (non-hydrogen) atoms. The zero-order chi connectivity index (χ0) is 23.3. The lowest BCUT2D eigenvalue weighted by atomic mass is 9.86. The summed E-state index contributed by atoms with van der Waals surface area (Å²) in [5, 5.41) is 13.6. The van der Waals surface area contributed by atoms with Crippen molar-refractivity contribution in [3.05, 3.63) is 28.2 Å². The molecule has 1 N–H and O–H groups in total. The summed E-state index contributed by atoms with van der Waals surface area (Å²) in [6.07, 6.45) is 2.66. The fraction of sp³-hybridized carbons (Fsp3) is 0.609. The van der Waals surface area contributed by atoms with Gasteiger partial charge in [-0.25, -0.2) is 0 Å². The lowest BCUT2D eigenvalue weighted by molar-refractivity contribution is -0.890. The van der Waals surface area contributed by atoms with Crippen molar-refractivity contribution in [1.29, 1.82) is 0 Å². The van der Waals surface area contributed by atoms with Crippen LogP contribution in [0.5, 0.6) is 0 Å². The van der Waals surface area contributed by atoms with Crippen molar-refractivity contribution < 1.29 is 40.7 Å². The number of hydrogen-bond donors (Lipinski definition) is 1. The number of amides is 2. The van der Waals surface area contributed by atoms with Crippen LogP contribution in [0.2, 0.25) is 4.34 Å². The number of fused-ring (bicyclic) bond motifs is 3. The SMILES string of the molecule is C[N+](C)(CCO)CCCN1C(=O)[C@@H]2[C@H](C1=O)[C@H](c1cc(-c3ccc(Cl)s3)on1)N1CCC[C@@H]21.[Br-]. The van der Waals surface area contributed by atoms with Crippen molar-refractivity contribution in [2.75, 3.05) is 46.9 Å². The molecular formula is C23H30BrClN4O4S. The summed E-state index contributed by atoms with van der Waals surface area (Å²) in [5.41, 5.74) is 0.720. The van der Waals surface area contributed by atoms with Crippen molar-refractivity contribution in [3.63, 3.8) is 0 Å². The standard InChI is InChI=1S/C23H30ClN4O4S.BrH/c1-28(2,11-12-29)10-4-9-27-22(30)19-15-5-3-8-26(15)21(20(19)23(27)31)14-13-16(32-25-14)17-6-7-18(24)33-17;/h6-7,13,15,19-21,29H,3-5,8-12H2,1-2H3;1H/q+1;/p-1/t15-,19-,20-,21-;/m0./s1. The van der Waals surface area contributed by atoms with Crippen LogP contribution in [0.3, 0.4) is 0 Å². The minimum Gasteiger partial charge on any atom is -1.00 e. The van der Waals surface area contributed by atoms with Gasteiger partial charge >= 0.3 is 0 Å². The minimum absolute atomic E-state index is 0. The van der Waals surface area contributed by atoms with E-state index >= 15 is 0 Å². The molecule has 0 spiro atoms. The van der Waals surface area contributed by atoms with Gasteiger partial charge in [0.05, 0.1) is 54.3 Å². The summed E-state index contributed by atoms with van der Waals surface area (Å²) in [7, 11) is 4.10. The summed E-state index contributed by atoms with van der Waals surface area (Å²) >= 11 is 7.50. The number of halogens is 2. The first kappa shape index (κ1) is 25.8. The fourth-order valence-electron chi connectivity index (χ4n) is 5.87. The van der Waals surface area contributed by atoms with Gasteiger partial charge in [-0.15, -0.1) is 11.3 Å². The number of carbonyl (C=O) groups is 2. The smallest absolute Gasteiger partial charge is 0.235 e. The molecule has 0 radical (unpaired) electrons. The van der Waals surface area contributed by atoms with Gasteiger partial charge in [-0.2, -0.15) is 0 Å². The number of carbonyl (C=O) groups excluding carboxylic acids is 2. The van der Waals surface area contributed by atoms with Crippen LogP contribution in [-0.2, 0) is 9.59 Å². The molecule has 2 aromatic heterocycles. The van der Waals surface area contributed by atoms with E-state index in [1.807, 2.05) is 32.3 Å². The molecule has 2 amide bonds. The van der Waals surface area contributed by atoms with Crippen LogP contribution in [0.15, 0.2) is 22.7 Å². The average molecular weight is 574 g/mol. The Morgan fingerprint density at radius 3 is 2.71 bits per heavy atom. The number of imide groups is 1. The largest absolute Gasteiger partial charge is 1.00 e. The number of thiophene rings is 1. The van der Waals surface area contributed by atoms with Crippen LogP contribution < -0.4 is 17.0 Å². The van der Waals surface area contributed by atoms with Gasteiger partial charge in [0.25, 0.3) is 0 Å². The van der Waals surface area contributed by atoms with Crippen LogP contribution in [0.4, 0.5) is 0 Å². The second kappa shape index (κ2) is 9.99. The van der Waals surface area contributed by atoms with Crippen LogP contribution in [-0.4, -0.2) is 89.3 Å². The van der Waals surface area contributed by atoms with Gasteiger partial charge in [-0.3, -0.25) is 19.4 Å². The second-order valence-electron chi connectivity index (χ2n) is 9.95. The summed E-state index contributed by atoms with van der Waals surface area (Å²) in [5.74, 6) is -0.196. The van der Waals surface area contributed by atoms with Crippen molar-refractivity contribution in [2.45, 2.75) is 31.3 Å². The number of aliphatic hydroxyl groups excluding tert-OH is 1. The van der Waals surface area contributed by atoms with Gasteiger partial charge in [0.15, 0.2) is 5.76 Å². The summed E-state index contributed by atoms with van der Waals surface area (Å²) in [6.45, 7) is 2.85. The molecule has 5 rings (SSSR count). The molecule has 0 saturated carbocycles. The Hall–Kier alpha value is -1.30. The van der Waals surface area contributed by atoms with E-state index in [1.54, 1.807) is 0 Å². The number of quaternary nitrogens is 1. The molecule has 2 aromatic rings. The molecular weight excluding hydrogens is 544 g/mol. The highest BCUT2D eigenvalue weighted by Crippen LogP contribution is 2.53. The van der Waals surface area contributed by atoms with Crippen LogP contribution >= 0.6 is 22.9 Å². The molecule has 3 fully saturated rings. The van der Waals surface area contributed by atoms with Gasteiger partial charge in [0.2, 0.25) is 11.8 Å². The number of likely N-dealkylation sites (N-methyl/N-ethyl adjacent to an activating group) is 1. The molecule has 0 unspecified atom stereocenters. The lowest BCUT2D eigenvalue weighted by Crippen LogP contribution is -3.00. The van der Waals surface area contributed by atoms with Crippen LogP contribution in [0.1, 0.15) is 31.0 Å². The molecule has 0 bridgehead atoms.